The zero-order valence-corrected chi connectivity index (χ0v) is 25.7. The fourth-order valence-electron chi connectivity index (χ4n) is 5.46. The molecular weight excluding hydrogens is 594 g/mol. The molecule has 1 heterocycles. The number of aromatic nitrogens is 3. The third-order valence-electron chi connectivity index (χ3n) is 8.21. The predicted octanol–water partition coefficient (Wildman–Crippen LogP) is 9.31. The van der Waals surface area contributed by atoms with Gasteiger partial charge in [0.15, 0.2) is 17.5 Å². The SMILES string of the molecule is O=Cc1ccc(-c2ccc(-c3nc(-c4ccc(-c5ccc(C=O)cc5)cc4)nc(-c4ccc(-c5ccc(C=O)cc5)cc4)n3)cc2)cc1. The van der Waals surface area contributed by atoms with Gasteiger partial charge < -0.3 is 0 Å². The van der Waals surface area contributed by atoms with Gasteiger partial charge in [-0.3, -0.25) is 14.4 Å². The van der Waals surface area contributed by atoms with Gasteiger partial charge in [0.05, 0.1) is 0 Å². The lowest BCUT2D eigenvalue weighted by Crippen LogP contribution is -2.00. The second-order valence-electron chi connectivity index (χ2n) is 11.3. The van der Waals surface area contributed by atoms with Crippen molar-refractivity contribution in [2.45, 2.75) is 0 Å². The van der Waals surface area contributed by atoms with Gasteiger partial charge in [0.25, 0.3) is 0 Å². The monoisotopic (exact) mass is 621 g/mol. The van der Waals surface area contributed by atoms with E-state index in [9.17, 15) is 14.4 Å². The van der Waals surface area contributed by atoms with E-state index in [1.54, 1.807) is 36.4 Å². The number of nitrogens with zero attached hydrogens (tertiary/aromatic N) is 3. The van der Waals surface area contributed by atoms with E-state index in [2.05, 4.69) is 0 Å². The summed E-state index contributed by atoms with van der Waals surface area (Å²) in [6, 6.07) is 46.4. The van der Waals surface area contributed by atoms with E-state index in [1.807, 2.05) is 109 Å². The summed E-state index contributed by atoms with van der Waals surface area (Å²) in [7, 11) is 0. The van der Waals surface area contributed by atoms with E-state index >= 15 is 0 Å². The lowest BCUT2D eigenvalue weighted by atomic mass is 10.0. The average Bonchev–Trinajstić information content (AvgIpc) is 3.18. The van der Waals surface area contributed by atoms with Crippen LogP contribution in [0.2, 0.25) is 0 Å². The first-order valence-electron chi connectivity index (χ1n) is 15.3. The van der Waals surface area contributed by atoms with E-state index < -0.39 is 0 Å². The molecule has 0 amide bonds. The fraction of sp³-hybridized carbons (Fsp3) is 0. The van der Waals surface area contributed by atoms with Crippen molar-refractivity contribution in [1.82, 2.24) is 15.0 Å². The minimum absolute atomic E-state index is 0.542. The molecule has 6 nitrogen and oxygen atoms in total. The number of hydrogen-bond donors (Lipinski definition) is 0. The van der Waals surface area contributed by atoms with Crippen molar-refractivity contribution in [3.8, 4) is 67.5 Å². The van der Waals surface area contributed by atoms with Crippen molar-refractivity contribution in [3.05, 3.63) is 162 Å². The third-order valence-corrected chi connectivity index (χ3v) is 8.21. The molecule has 1 aromatic heterocycles. The lowest BCUT2D eigenvalue weighted by molar-refractivity contribution is 0.111. The first kappa shape index (κ1) is 30.0. The summed E-state index contributed by atoms with van der Waals surface area (Å²) >= 11 is 0. The first-order chi connectivity index (χ1) is 23.6. The molecule has 0 spiro atoms. The molecule has 0 N–H and O–H groups in total. The van der Waals surface area contributed by atoms with Gasteiger partial charge in [-0.1, -0.05) is 146 Å². The molecule has 228 valence electrons. The van der Waals surface area contributed by atoms with Crippen molar-refractivity contribution in [1.29, 1.82) is 0 Å². The van der Waals surface area contributed by atoms with Crippen LogP contribution in [-0.4, -0.2) is 33.8 Å². The Labute approximate surface area is 277 Å². The van der Waals surface area contributed by atoms with E-state index in [4.69, 9.17) is 15.0 Å². The number of carbonyl (C=O) groups excluding carboxylic acids is 3. The zero-order valence-electron chi connectivity index (χ0n) is 25.7. The summed E-state index contributed by atoms with van der Waals surface area (Å²) in [5.74, 6) is 1.62. The Bertz CT molecular complexity index is 1950. The molecule has 7 rings (SSSR count). The maximum absolute atomic E-state index is 11.1. The smallest absolute Gasteiger partial charge is 0.164 e. The molecule has 0 aliphatic rings. The Morgan fingerprint density at radius 3 is 0.604 bits per heavy atom. The van der Waals surface area contributed by atoms with Crippen LogP contribution in [-0.2, 0) is 0 Å². The van der Waals surface area contributed by atoms with Crippen LogP contribution < -0.4 is 0 Å². The molecule has 0 radical (unpaired) electrons. The highest BCUT2D eigenvalue weighted by atomic mass is 16.1. The minimum Gasteiger partial charge on any atom is -0.298 e. The predicted molar refractivity (Wildman–Crippen MR) is 189 cm³/mol. The van der Waals surface area contributed by atoms with Crippen LogP contribution in [0.5, 0.6) is 0 Å². The zero-order chi connectivity index (χ0) is 32.9. The maximum atomic E-state index is 11.1. The summed E-state index contributed by atoms with van der Waals surface area (Å²) in [6.07, 6.45) is 2.51. The Kier molecular flexibility index (Phi) is 8.36. The fourth-order valence-corrected chi connectivity index (χ4v) is 5.46. The van der Waals surface area contributed by atoms with Crippen LogP contribution in [0.4, 0.5) is 0 Å². The average molecular weight is 622 g/mol. The summed E-state index contributed by atoms with van der Waals surface area (Å²) in [5.41, 5.74) is 10.5. The summed E-state index contributed by atoms with van der Waals surface area (Å²) in [5, 5.41) is 0. The first-order valence-corrected chi connectivity index (χ1v) is 15.3. The Morgan fingerprint density at radius 2 is 0.417 bits per heavy atom. The van der Waals surface area contributed by atoms with Gasteiger partial charge in [-0.25, -0.2) is 15.0 Å². The highest BCUT2D eigenvalue weighted by molar-refractivity contribution is 5.80. The molecule has 0 saturated heterocycles. The summed E-state index contributed by atoms with van der Waals surface area (Å²) in [4.78, 5) is 48.0. The van der Waals surface area contributed by atoms with Crippen molar-refractivity contribution in [2.24, 2.45) is 0 Å². The second kappa shape index (κ2) is 13.4. The third kappa shape index (κ3) is 6.36. The van der Waals surface area contributed by atoms with E-state index in [1.165, 1.54) is 0 Å². The number of rotatable bonds is 9. The topological polar surface area (TPSA) is 89.9 Å². The highest BCUT2D eigenvalue weighted by Crippen LogP contribution is 2.30. The summed E-state index contributed by atoms with van der Waals surface area (Å²) < 4.78 is 0. The number of benzene rings is 6. The van der Waals surface area contributed by atoms with Crippen LogP contribution in [0, 0.1) is 0 Å². The summed E-state index contributed by atoms with van der Waals surface area (Å²) in [6.45, 7) is 0. The molecule has 0 atom stereocenters. The quantitative estimate of drug-likeness (QED) is 0.149. The van der Waals surface area contributed by atoms with Crippen molar-refractivity contribution in [2.75, 3.05) is 0 Å². The lowest BCUT2D eigenvalue weighted by Gasteiger charge is -2.10. The molecule has 0 aliphatic heterocycles. The van der Waals surface area contributed by atoms with Crippen molar-refractivity contribution < 1.29 is 14.4 Å². The highest BCUT2D eigenvalue weighted by Gasteiger charge is 2.13. The molecule has 6 heteroatoms. The van der Waals surface area contributed by atoms with E-state index in [0.29, 0.717) is 34.2 Å². The molecule has 0 saturated carbocycles. The molecule has 6 aromatic carbocycles. The normalized spacial score (nSPS) is 10.8. The van der Waals surface area contributed by atoms with Crippen LogP contribution in [0.1, 0.15) is 31.1 Å². The molecule has 0 bridgehead atoms. The Morgan fingerprint density at radius 1 is 0.250 bits per heavy atom. The molecule has 7 aromatic rings. The number of aldehydes is 3. The Hall–Kier alpha value is -6.66. The van der Waals surface area contributed by atoms with Crippen molar-refractivity contribution in [3.63, 3.8) is 0 Å². The van der Waals surface area contributed by atoms with Gasteiger partial charge in [0.2, 0.25) is 0 Å². The van der Waals surface area contributed by atoms with E-state index in [0.717, 1.165) is 68.9 Å². The van der Waals surface area contributed by atoms with Gasteiger partial charge in [-0.05, 0) is 33.4 Å². The molecule has 0 unspecified atom stereocenters. The van der Waals surface area contributed by atoms with Gasteiger partial charge in [-0.2, -0.15) is 0 Å². The number of carbonyl (C=O) groups is 3. The van der Waals surface area contributed by atoms with Crippen molar-refractivity contribution >= 4 is 18.9 Å². The van der Waals surface area contributed by atoms with Crippen LogP contribution in [0.25, 0.3) is 67.5 Å². The standard InChI is InChI=1S/C42H27N3O3/c46-25-28-1-7-31(8-2-28)34-13-19-37(20-14-34)40-43-41(38-21-15-35(16-22-38)32-9-3-29(26-47)4-10-32)45-42(44-40)39-23-17-36(18-24-39)33-11-5-30(27-48)6-12-33/h1-27H. The largest absolute Gasteiger partial charge is 0.298 e. The van der Waals surface area contributed by atoms with E-state index in [-0.39, 0.29) is 0 Å². The maximum Gasteiger partial charge on any atom is 0.164 e. The van der Waals surface area contributed by atoms with Gasteiger partial charge in [-0.15, -0.1) is 0 Å². The van der Waals surface area contributed by atoms with Crippen LogP contribution in [0.15, 0.2) is 146 Å². The van der Waals surface area contributed by atoms with Gasteiger partial charge in [0, 0.05) is 33.4 Å². The van der Waals surface area contributed by atoms with Crippen LogP contribution >= 0.6 is 0 Å². The van der Waals surface area contributed by atoms with Gasteiger partial charge >= 0.3 is 0 Å². The second-order valence-corrected chi connectivity index (χ2v) is 11.3. The Balaban J connectivity index is 1.25. The molecule has 48 heavy (non-hydrogen) atoms. The van der Waals surface area contributed by atoms with Gasteiger partial charge in [0.1, 0.15) is 18.9 Å². The molecular formula is C42H27N3O3. The minimum atomic E-state index is 0.542. The molecule has 0 fully saturated rings. The number of hydrogen-bond acceptors (Lipinski definition) is 6. The van der Waals surface area contributed by atoms with Crippen LogP contribution in [0.3, 0.4) is 0 Å². The molecule has 0 aliphatic carbocycles.